The first-order chi connectivity index (χ1) is 9.81. The van der Waals surface area contributed by atoms with Crippen molar-refractivity contribution in [2.24, 2.45) is 0 Å². The van der Waals surface area contributed by atoms with E-state index >= 15 is 0 Å². The number of imidazole rings is 1. The molecule has 0 amide bonds. The Morgan fingerprint density at radius 3 is 2.65 bits per heavy atom. The number of para-hydroxylation sites is 1. The maximum Gasteiger partial charge on any atom is 0.231 e. The molecule has 0 spiro atoms. The fourth-order valence-corrected chi connectivity index (χ4v) is 1.77. The molecule has 3 aromatic rings. The van der Waals surface area contributed by atoms with E-state index in [9.17, 15) is 4.79 Å². The molecule has 20 heavy (non-hydrogen) atoms. The van der Waals surface area contributed by atoms with E-state index in [1.165, 1.54) is 16.3 Å². The number of fused-ring (bicyclic) bond motifs is 1. The van der Waals surface area contributed by atoms with Crippen LogP contribution in [0.4, 0.5) is 0 Å². The van der Waals surface area contributed by atoms with E-state index in [2.05, 4.69) is 22.1 Å². The maximum atomic E-state index is 11.0. The summed E-state index contributed by atoms with van der Waals surface area (Å²) >= 11 is 0. The maximum absolute atomic E-state index is 11.0. The Morgan fingerprint density at radius 1 is 1.15 bits per heavy atom. The van der Waals surface area contributed by atoms with Gasteiger partial charge in [-0.2, -0.15) is 0 Å². The van der Waals surface area contributed by atoms with Gasteiger partial charge in [-0.15, -0.1) is 0 Å². The third kappa shape index (κ3) is 3.75. The lowest BCUT2D eigenvalue weighted by molar-refractivity contribution is 0.0901. The van der Waals surface area contributed by atoms with Crippen LogP contribution in [-0.4, -0.2) is 20.4 Å². The summed E-state index contributed by atoms with van der Waals surface area (Å²) < 4.78 is 1.50. The highest BCUT2D eigenvalue weighted by atomic mass is 16.2. The first-order valence-electron chi connectivity index (χ1n) is 6.62. The molecule has 4 heteroatoms. The summed E-state index contributed by atoms with van der Waals surface area (Å²) in [5.41, 5.74) is 1.06. The summed E-state index contributed by atoms with van der Waals surface area (Å²) in [5, 5.41) is 1.20. The molecule has 3 rings (SSSR count). The number of benzene rings is 1. The Hall–Kier alpha value is -2.49. The molecule has 0 saturated heterocycles. The zero-order valence-corrected chi connectivity index (χ0v) is 11.4. The van der Waals surface area contributed by atoms with Gasteiger partial charge in [0.25, 0.3) is 0 Å². The van der Waals surface area contributed by atoms with Crippen molar-refractivity contribution in [3.63, 3.8) is 0 Å². The number of carbonyl (C=O) groups is 1. The average molecular weight is 267 g/mol. The molecule has 1 aromatic carbocycles. The average Bonchev–Trinajstić information content (AvgIpc) is 3.03. The second kappa shape index (κ2) is 7.19. The highest BCUT2D eigenvalue weighted by Gasteiger charge is 1.99. The fraction of sp³-hybridized carbons (Fsp3) is 0.188. The van der Waals surface area contributed by atoms with Crippen molar-refractivity contribution in [2.75, 3.05) is 0 Å². The molecule has 0 bridgehead atoms. The van der Waals surface area contributed by atoms with Crippen LogP contribution in [0.5, 0.6) is 0 Å². The number of nitrogens with zero attached hydrogens (tertiary/aromatic N) is 3. The third-order valence-corrected chi connectivity index (χ3v) is 2.77. The van der Waals surface area contributed by atoms with Crippen LogP contribution in [0.2, 0.25) is 0 Å². The first-order valence-corrected chi connectivity index (χ1v) is 6.62. The lowest BCUT2D eigenvalue weighted by atomic mass is 10.2. The molecule has 0 fully saturated rings. The van der Waals surface area contributed by atoms with Gasteiger partial charge < -0.3 is 0 Å². The van der Waals surface area contributed by atoms with Gasteiger partial charge in [-0.3, -0.25) is 14.3 Å². The van der Waals surface area contributed by atoms with Crippen LogP contribution in [0.15, 0.2) is 61.3 Å². The van der Waals surface area contributed by atoms with Gasteiger partial charge in [0.15, 0.2) is 0 Å². The summed E-state index contributed by atoms with van der Waals surface area (Å²) in [6, 6.07) is 12.1. The largest absolute Gasteiger partial charge is 0.276 e. The molecule has 2 aromatic heterocycles. The monoisotopic (exact) mass is 267 g/mol. The molecule has 0 unspecified atom stereocenters. The van der Waals surface area contributed by atoms with Gasteiger partial charge in [0.1, 0.15) is 6.33 Å². The lowest BCUT2D eigenvalue weighted by Crippen LogP contribution is -2.06. The predicted molar refractivity (Wildman–Crippen MR) is 79.5 cm³/mol. The molecule has 4 nitrogen and oxygen atoms in total. The molecule has 102 valence electrons. The fourth-order valence-electron chi connectivity index (χ4n) is 1.77. The van der Waals surface area contributed by atoms with Gasteiger partial charge in [0.05, 0.1) is 5.52 Å². The van der Waals surface area contributed by atoms with Gasteiger partial charge in [-0.1, -0.05) is 31.2 Å². The Morgan fingerprint density at radius 2 is 1.95 bits per heavy atom. The van der Waals surface area contributed by atoms with Gasteiger partial charge >= 0.3 is 0 Å². The summed E-state index contributed by atoms with van der Waals surface area (Å²) in [5.74, 6) is 0.111. The molecule has 0 aliphatic rings. The lowest BCUT2D eigenvalue weighted by Gasteiger charge is -1.95. The summed E-state index contributed by atoms with van der Waals surface area (Å²) in [6.07, 6.45) is 8.08. The van der Waals surface area contributed by atoms with E-state index in [1.54, 1.807) is 12.4 Å². The number of carbonyl (C=O) groups excluding carboxylic acids is 1. The molecule has 0 aliphatic carbocycles. The SMILES string of the molecule is CCCC(=O)n1ccnc1.c1ccc2ncccc2c1. The summed E-state index contributed by atoms with van der Waals surface area (Å²) in [7, 11) is 0. The Balaban J connectivity index is 0.000000147. The van der Waals surface area contributed by atoms with Crippen molar-refractivity contribution in [3.05, 3.63) is 61.3 Å². The van der Waals surface area contributed by atoms with E-state index < -0.39 is 0 Å². The van der Waals surface area contributed by atoms with Gasteiger partial charge in [-0.05, 0) is 18.6 Å². The molecule has 0 aliphatic heterocycles. The number of hydrogen-bond acceptors (Lipinski definition) is 3. The van der Waals surface area contributed by atoms with Gasteiger partial charge in [0.2, 0.25) is 5.91 Å². The standard InChI is InChI=1S/C9H7N.C7H10N2O/c1-2-6-9-8(4-1)5-3-7-10-9;1-2-3-7(10)9-5-4-8-6-9/h1-7H;4-6H,2-3H2,1H3. The molecule has 0 N–H and O–H groups in total. The molecule has 0 atom stereocenters. The minimum Gasteiger partial charge on any atom is -0.276 e. The van der Waals surface area contributed by atoms with Crippen LogP contribution >= 0.6 is 0 Å². The minimum absolute atomic E-state index is 0.111. The summed E-state index contributed by atoms with van der Waals surface area (Å²) in [6.45, 7) is 1.98. The zero-order valence-electron chi connectivity index (χ0n) is 11.4. The van der Waals surface area contributed by atoms with E-state index in [1.807, 2.05) is 37.4 Å². The quantitative estimate of drug-likeness (QED) is 0.713. The van der Waals surface area contributed by atoms with E-state index in [0.717, 1.165) is 11.9 Å². The van der Waals surface area contributed by atoms with Crippen LogP contribution in [0.3, 0.4) is 0 Å². The molecular formula is C16H17N3O. The number of rotatable bonds is 2. The van der Waals surface area contributed by atoms with Crippen molar-refractivity contribution >= 4 is 16.8 Å². The highest BCUT2D eigenvalue weighted by molar-refractivity contribution is 5.78. The Labute approximate surface area is 118 Å². The van der Waals surface area contributed by atoms with E-state index in [0.29, 0.717) is 6.42 Å². The Kier molecular flexibility index (Phi) is 5.00. The zero-order chi connectivity index (χ0) is 14.2. The summed E-state index contributed by atoms with van der Waals surface area (Å²) in [4.78, 5) is 19.0. The molecule has 0 saturated carbocycles. The van der Waals surface area contributed by atoms with Crippen molar-refractivity contribution < 1.29 is 4.79 Å². The van der Waals surface area contributed by atoms with Crippen LogP contribution < -0.4 is 0 Å². The minimum atomic E-state index is 0.111. The highest BCUT2D eigenvalue weighted by Crippen LogP contribution is 2.07. The Bertz CT molecular complexity index is 597. The normalized spacial score (nSPS) is 9.85. The van der Waals surface area contributed by atoms with Crippen LogP contribution in [0.1, 0.15) is 24.6 Å². The third-order valence-electron chi connectivity index (χ3n) is 2.77. The van der Waals surface area contributed by atoms with Crippen molar-refractivity contribution in [1.82, 2.24) is 14.5 Å². The van der Waals surface area contributed by atoms with Crippen molar-refractivity contribution in [1.29, 1.82) is 0 Å². The van der Waals surface area contributed by atoms with Gasteiger partial charge in [-0.25, -0.2) is 4.98 Å². The number of aromatic nitrogens is 3. The topological polar surface area (TPSA) is 47.8 Å². The van der Waals surface area contributed by atoms with Crippen LogP contribution in [-0.2, 0) is 0 Å². The van der Waals surface area contributed by atoms with Crippen molar-refractivity contribution in [3.8, 4) is 0 Å². The first kappa shape index (κ1) is 13.9. The smallest absolute Gasteiger partial charge is 0.231 e. The second-order valence-electron chi connectivity index (χ2n) is 4.31. The predicted octanol–water partition coefficient (Wildman–Crippen LogP) is 3.56. The number of hydrogen-bond donors (Lipinski definition) is 0. The molecule has 2 heterocycles. The van der Waals surface area contributed by atoms with Crippen LogP contribution in [0.25, 0.3) is 10.9 Å². The van der Waals surface area contributed by atoms with Crippen LogP contribution in [0, 0.1) is 0 Å². The van der Waals surface area contributed by atoms with E-state index in [4.69, 9.17) is 0 Å². The van der Waals surface area contributed by atoms with Gasteiger partial charge in [0, 0.05) is 30.4 Å². The van der Waals surface area contributed by atoms with E-state index in [-0.39, 0.29) is 5.91 Å². The second-order valence-corrected chi connectivity index (χ2v) is 4.31. The van der Waals surface area contributed by atoms with Crippen molar-refractivity contribution in [2.45, 2.75) is 19.8 Å². The number of pyridine rings is 1. The molecule has 0 radical (unpaired) electrons. The molecular weight excluding hydrogens is 250 g/mol.